The van der Waals surface area contributed by atoms with E-state index in [9.17, 15) is 0 Å². The van der Waals surface area contributed by atoms with E-state index in [-0.39, 0.29) is 0 Å². The van der Waals surface area contributed by atoms with E-state index < -0.39 is 0 Å². The third-order valence-electron chi connectivity index (χ3n) is 3.56. The molecule has 1 aliphatic carbocycles. The number of nitrogens with zero attached hydrogens (tertiary/aromatic N) is 1. The second kappa shape index (κ2) is 4.04. The molecule has 3 N–H and O–H groups in total. The van der Waals surface area contributed by atoms with E-state index in [1.54, 1.807) is 6.26 Å². The molecule has 0 amide bonds. The van der Waals surface area contributed by atoms with E-state index in [4.69, 9.17) is 15.1 Å². The van der Waals surface area contributed by atoms with Gasteiger partial charge in [-0.1, -0.05) is 6.92 Å². The van der Waals surface area contributed by atoms with Crippen LogP contribution in [0.3, 0.4) is 0 Å². The molecule has 3 rings (SSSR count). The summed E-state index contributed by atoms with van der Waals surface area (Å²) in [5, 5.41) is 0. The minimum atomic E-state index is 0.330. The fourth-order valence-electron chi connectivity index (χ4n) is 2.48. The van der Waals surface area contributed by atoms with Crippen LogP contribution in [0.1, 0.15) is 36.5 Å². The smallest absolute Gasteiger partial charge is 0.113 e. The molecule has 17 heavy (non-hydrogen) atoms. The maximum Gasteiger partial charge on any atom is 0.113 e. The van der Waals surface area contributed by atoms with Gasteiger partial charge in [0.05, 0.1) is 12.0 Å². The van der Waals surface area contributed by atoms with E-state index >= 15 is 0 Å². The average Bonchev–Trinajstić information content (AvgIpc) is 2.95. The molecule has 1 atom stereocenters. The lowest BCUT2D eigenvalue weighted by atomic mass is 10.00. The van der Waals surface area contributed by atoms with Crippen LogP contribution in [-0.2, 0) is 12.8 Å². The molecule has 1 unspecified atom stereocenters. The van der Waals surface area contributed by atoms with Crippen molar-refractivity contribution in [2.45, 2.75) is 32.1 Å². The molecule has 2 aromatic heterocycles. The fourth-order valence-corrected chi connectivity index (χ4v) is 2.48. The molecular weight excluding hydrogens is 214 g/mol. The first-order valence-corrected chi connectivity index (χ1v) is 6.19. The van der Waals surface area contributed by atoms with Crippen molar-refractivity contribution >= 4 is 0 Å². The summed E-state index contributed by atoms with van der Waals surface area (Å²) in [6, 6.07) is 2.00. The minimum absolute atomic E-state index is 0.330. The Labute approximate surface area is 100 Å². The van der Waals surface area contributed by atoms with Crippen LogP contribution in [0.15, 0.2) is 16.7 Å². The Balaban J connectivity index is 2.04. The molecule has 4 heteroatoms. The number of aryl methyl sites for hydroxylation is 2. The molecule has 0 saturated carbocycles. The number of imidazole rings is 1. The van der Waals surface area contributed by atoms with Gasteiger partial charge in [-0.05, 0) is 18.9 Å². The highest BCUT2D eigenvalue weighted by Gasteiger charge is 2.24. The van der Waals surface area contributed by atoms with Crippen molar-refractivity contribution in [1.82, 2.24) is 9.97 Å². The Morgan fingerprint density at radius 3 is 3.18 bits per heavy atom. The SMILES string of the molecule is CCC(CN)c1nc2c([nH]1)CCc1occc1-2. The van der Waals surface area contributed by atoms with Crippen LogP contribution in [0.5, 0.6) is 0 Å². The van der Waals surface area contributed by atoms with E-state index in [1.165, 1.54) is 5.69 Å². The maximum absolute atomic E-state index is 5.77. The van der Waals surface area contributed by atoms with Crippen molar-refractivity contribution in [1.29, 1.82) is 0 Å². The highest BCUT2D eigenvalue weighted by Crippen LogP contribution is 2.33. The van der Waals surface area contributed by atoms with Gasteiger partial charge in [0, 0.05) is 30.1 Å². The Kier molecular flexibility index (Phi) is 2.52. The number of nitrogens with two attached hydrogens (primary N) is 1. The van der Waals surface area contributed by atoms with Gasteiger partial charge in [0.25, 0.3) is 0 Å². The van der Waals surface area contributed by atoms with Crippen LogP contribution >= 0.6 is 0 Å². The zero-order valence-corrected chi connectivity index (χ0v) is 9.99. The van der Waals surface area contributed by atoms with E-state index in [2.05, 4.69) is 11.9 Å². The van der Waals surface area contributed by atoms with Gasteiger partial charge < -0.3 is 15.1 Å². The third-order valence-corrected chi connectivity index (χ3v) is 3.56. The van der Waals surface area contributed by atoms with E-state index in [0.717, 1.165) is 42.1 Å². The zero-order chi connectivity index (χ0) is 11.8. The molecule has 4 nitrogen and oxygen atoms in total. The number of fused-ring (bicyclic) bond motifs is 3. The zero-order valence-electron chi connectivity index (χ0n) is 9.99. The Bertz CT molecular complexity index is 523. The molecule has 0 aliphatic heterocycles. The largest absolute Gasteiger partial charge is 0.469 e. The lowest BCUT2D eigenvalue weighted by molar-refractivity contribution is 0.506. The molecule has 0 aromatic carbocycles. The molecule has 0 saturated heterocycles. The number of furan rings is 1. The first-order chi connectivity index (χ1) is 8.33. The monoisotopic (exact) mass is 231 g/mol. The number of aromatic nitrogens is 2. The van der Waals surface area contributed by atoms with Crippen molar-refractivity contribution < 1.29 is 4.42 Å². The van der Waals surface area contributed by atoms with Crippen LogP contribution in [-0.4, -0.2) is 16.5 Å². The van der Waals surface area contributed by atoms with Crippen molar-refractivity contribution in [3.8, 4) is 11.3 Å². The summed E-state index contributed by atoms with van der Waals surface area (Å²) >= 11 is 0. The number of nitrogens with one attached hydrogen (secondary N) is 1. The minimum Gasteiger partial charge on any atom is -0.469 e. The number of aromatic amines is 1. The topological polar surface area (TPSA) is 67.8 Å². The number of hydrogen-bond acceptors (Lipinski definition) is 3. The first-order valence-electron chi connectivity index (χ1n) is 6.19. The van der Waals surface area contributed by atoms with Gasteiger partial charge in [-0.3, -0.25) is 0 Å². The molecular formula is C13H17N3O. The third kappa shape index (κ3) is 1.60. The van der Waals surface area contributed by atoms with E-state index in [0.29, 0.717) is 12.5 Å². The van der Waals surface area contributed by atoms with Crippen molar-refractivity contribution in [2.75, 3.05) is 6.54 Å². The summed E-state index contributed by atoms with van der Waals surface area (Å²) in [5.74, 6) is 2.40. The van der Waals surface area contributed by atoms with Gasteiger partial charge in [0.1, 0.15) is 11.6 Å². The summed E-state index contributed by atoms with van der Waals surface area (Å²) in [7, 11) is 0. The number of hydrogen-bond donors (Lipinski definition) is 2. The fraction of sp³-hybridized carbons (Fsp3) is 0.462. The standard InChI is InChI=1S/C13H17N3O/c1-2-8(7-14)13-15-10-3-4-11-9(5-6-17-11)12(10)16-13/h5-6,8H,2-4,7,14H2,1H3,(H,15,16). The summed E-state index contributed by atoms with van der Waals surface area (Å²) in [4.78, 5) is 8.14. The quantitative estimate of drug-likeness (QED) is 0.851. The maximum atomic E-state index is 5.77. The Hall–Kier alpha value is -1.55. The van der Waals surface area contributed by atoms with Crippen molar-refractivity contribution in [3.63, 3.8) is 0 Å². The molecule has 0 radical (unpaired) electrons. The van der Waals surface area contributed by atoms with Crippen molar-refractivity contribution in [2.24, 2.45) is 5.73 Å². The van der Waals surface area contributed by atoms with Gasteiger partial charge >= 0.3 is 0 Å². The molecule has 0 fully saturated rings. The molecule has 2 heterocycles. The lowest BCUT2D eigenvalue weighted by Crippen LogP contribution is -2.12. The lowest BCUT2D eigenvalue weighted by Gasteiger charge is -2.08. The van der Waals surface area contributed by atoms with Gasteiger partial charge in [-0.15, -0.1) is 0 Å². The van der Waals surface area contributed by atoms with Crippen LogP contribution in [0, 0.1) is 0 Å². The first kappa shape index (κ1) is 10.6. The van der Waals surface area contributed by atoms with Gasteiger partial charge in [-0.2, -0.15) is 0 Å². The van der Waals surface area contributed by atoms with Gasteiger partial charge in [0.2, 0.25) is 0 Å². The summed E-state index contributed by atoms with van der Waals surface area (Å²) < 4.78 is 5.46. The van der Waals surface area contributed by atoms with Crippen molar-refractivity contribution in [3.05, 3.63) is 29.6 Å². The second-order valence-corrected chi connectivity index (χ2v) is 4.55. The highest BCUT2D eigenvalue weighted by molar-refractivity contribution is 5.66. The highest BCUT2D eigenvalue weighted by atomic mass is 16.3. The number of rotatable bonds is 3. The summed E-state index contributed by atoms with van der Waals surface area (Å²) in [6.45, 7) is 2.78. The van der Waals surface area contributed by atoms with Crippen LogP contribution < -0.4 is 5.73 Å². The predicted octanol–water partition coefficient (Wildman–Crippen LogP) is 2.22. The molecule has 0 bridgehead atoms. The van der Waals surface area contributed by atoms with Crippen LogP contribution in [0.4, 0.5) is 0 Å². The predicted molar refractivity (Wildman–Crippen MR) is 65.8 cm³/mol. The van der Waals surface area contributed by atoms with Gasteiger partial charge in [-0.25, -0.2) is 4.98 Å². The van der Waals surface area contributed by atoms with E-state index in [1.807, 2.05) is 6.07 Å². The van der Waals surface area contributed by atoms with Gasteiger partial charge in [0.15, 0.2) is 0 Å². The Morgan fingerprint density at radius 1 is 1.53 bits per heavy atom. The van der Waals surface area contributed by atoms with Crippen LogP contribution in [0.2, 0.25) is 0 Å². The molecule has 90 valence electrons. The van der Waals surface area contributed by atoms with Crippen LogP contribution in [0.25, 0.3) is 11.3 Å². The second-order valence-electron chi connectivity index (χ2n) is 4.55. The molecule has 0 spiro atoms. The molecule has 1 aliphatic rings. The number of H-pyrrole nitrogens is 1. The normalized spacial score (nSPS) is 15.4. The average molecular weight is 231 g/mol. The molecule has 2 aromatic rings. The summed E-state index contributed by atoms with van der Waals surface area (Å²) in [5.41, 5.74) is 9.19. The Morgan fingerprint density at radius 2 is 2.41 bits per heavy atom. The summed E-state index contributed by atoms with van der Waals surface area (Å²) in [6.07, 6.45) is 4.69.